The maximum atomic E-state index is 6.21. The lowest BCUT2D eigenvalue weighted by Gasteiger charge is -2.20. The standard InChI is InChI=1S/C14H18ClN3S/c1-4-6-12-16-13(15)10(2)14(17-12)18(3)9-11-7-5-8-19-11/h5,7-8H,4,6,9H2,1-3H3. The molecule has 0 aliphatic heterocycles. The molecule has 0 aromatic carbocycles. The molecule has 0 saturated heterocycles. The predicted octanol–water partition coefficient (Wildman–Crippen LogP) is 4.09. The highest BCUT2D eigenvalue weighted by molar-refractivity contribution is 7.09. The second-order valence-corrected chi connectivity index (χ2v) is 5.95. The normalized spacial score (nSPS) is 10.7. The zero-order chi connectivity index (χ0) is 13.8. The highest BCUT2D eigenvalue weighted by atomic mass is 35.5. The Hall–Kier alpha value is -1.13. The van der Waals surface area contributed by atoms with Gasteiger partial charge in [0.15, 0.2) is 0 Å². The zero-order valence-corrected chi connectivity index (χ0v) is 13.1. The number of anilines is 1. The number of aromatic nitrogens is 2. The number of rotatable bonds is 5. The molecule has 0 amide bonds. The average Bonchev–Trinajstić information content (AvgIpc) is 2.86. The summed E-state index contributed by atoms with van der Waals surface area (Å²) in [4.78, 5) is 12.4. The fourth-order valence-electron chi connectivity index (χ4n) is 1.94. The van der Waals surface area contributed by atoms with E-state index in [0.717, 1.165) is 36.6 Å². The minimum Gasteiger partial charge on any atom is -0.354 e. The first-order valence-corrected chi connectivity index (χ1v) is 7.64. The van der Waals surface area contributed by atoms with Crippen LogP contribution in [0.1, 0.15) is 29.6 Å². The van der Waals surface area contributed by atoms with Gasteiger partial charge in [0.1, 0.15) is 16.8 Å². The molecular weight excluding hydrogens is 278 g/mol. The molecule has 0 unspecified atom stereocenters. The predicted molar refractivity (Wildman–Crippen MR) is 82.2 cm³/mol. The Morgan fingerprint density at radius 1 is 1.37 bits per heavy atom. The highest BCUT2D eigenvalue weighted by Gasteiger charge is 2.13. The van der Waals surface area contributed by atoms with Crippen LogP contribution in [-0.2, 0) is 13.0 Å². The Kier molecular flexibility index (Phi) is 4.77. The Balaban J connectivity index is 2.26. The van der Waals surface area contributed by atoms with Crippen molar-refractivity contribution in [3.63, 3.8) is 0 Å². The average molecular weight is 296 g/mol. The second kappa shape index (κ2) is 6.35. The Morgan fingerprint density at radius 2 is 2.16 bits per heavy atom. The number of aryl methyl sites for hydroxylation is 1. The van der Waals surface area contributed by atoms with Gasteiger partial charge in [-0.15, -0.1) is 11.3 Å². The van der Waals surface area contributed by atoms with Crippen molar-refractivity contribution in [2.75, 3.05) is 11.9 Å². The number of hydrogen-bond acceptors (Lipinski definition) is 4. The highest BCUT2D eigenvalue weighted by Crippen LogP contribution is 2.25. The van der Waals surface area contributed by atoms with E-state index in [9.17, 15) is 0 Å². The first kappa shape index (κ1) is 14.3. The molecule has 2 rings (SSSR count). The van der Waals surface area contributed by atoms with E-state index < -0.39 is 0 Å². The molecule has 2 aromatic heterocycles. The number of thiophene rings is 1. The third kappa shape index (κ3) is 3.45. The fourth-order valence-corrected chi connectivity index (χ4v) is 2.88. The van der Waals surface area contributed by atoms with Gasteiger partial charge in [0, 0.05) is 23.9 Å². The molecule has 102 valence electrons. The van der Waals surface area contributed by atoms with Crippen LogP contribution in [0.2, 0.25) is 5.15 Å². The van der Waals surface area contributed by atoms with Gasteiger partial charge in [-0.3, -0.25) is 0 Å². The van der Waals surface area contributed by atoms with Crippen molar-refractivity contribution in [1.29, 1.82) is 0 Å². The molecule has 0 saturated carbocycles. The minimum absolute atomic E-state index is 0.562. The van der Waals surface area contributed by atoms with Crippen molar-refractivity contribution in [3.05, 3.63) is 38.9 Å². The van der Waals surface area contributed by atoms with E-state index in [1.165, 1.54) is 4.88 Å². The summed E-state index contributed by atoms with van der Waals surface area (Å²) in [5.74, 6) is 1.75. The van der Waals surface area contributed by atoms with E-state index in [0.29, 0.717) is 5.15 Å². The first-order valence-electron chi connectivity index (χ1n) is 6.38. The number of nitrogens with zero attached hydrogens (tertiary/aromatic N) is 3. The molecule has 0 spiro atoms. The Bertz CT molecular complexity index is 540. The first-order chi connectivity index (χ1) is 9.11. The maximum Gasteiger partial charge on any atom is 0.137 e. The molecule has 5 heteroatoms. The van der Waals surface area contributed by atoms with Gasteiger partial charge in [0.25, 0.3) is 0 Å². The summed E-state index contributed by atoms with van der Waals surface area (Å²) in [5, 5.41) is 2.65. The largest absolute Gasteiger partial charge is 0.354 e. The van der Waals surface area contributed by atoms with Gasteiger partial charge in [-0.2, -0.15) is 0 Å². The Labute approximate surface area is 123 Å². The van der Waals surface area contributed by atoms with Crippen LogP contribution < -0.4 is 4.90 Å². The number of halogens is 1. The smallest absolute Gasteiger partial charge is 0.137 e. The van der Waals surface area contributed by atoms with Crippen molar-refractivity contribution < 1.29 is 0 Å². The molecule has 2 aromatic rings. The van der Waals surface area contributed by atoms with Gasteiger partial charge < -0.3 is 4.90 Å². The van der Waals surface area contributed by atoms with Gasteiger partial charge in [0.2, 0.25) is 0 Å². The van der Waals surface area contributed by atoms with E-state index in [1.54, 1.807) is 11.3 Å². The molecule has 2 heterocycles. The molecule has 19 heavy (non-hydrogen) atoms. The minimum atomic E-state index is 0.562. The lowest BCUT2D eigenvalue weighted by molar-refractivity contribution is 0.808. The van der Waals surface area contributed by atoms with E-state index in [-0.39, 0.29) is 0 Å². The molecule has 0 N–H and O–H groups in total. The van der Waals surface area contributed by atoms with Gasteiger partial charge >= 0.3 is 0 Å². The van der Waals surface area contributed by atoms with Crippen molar-refractivity contribution in [2.45, 2.75) is 33.2 Å². The summed E-state index contributed by atoms with van der Waals surface area (Å²) in [6, 6.07) is 4.20. The summed E-state index contributed by atoms with van der Waals surface area (Å²) >= 11 is 7.96. The van der Waals surface area contributed by atoms with Crippen molar-refractivity contribution in [1.82, 2.24) is 9.97 Å². The second-order valence-electron chi connectivity index (χ2n) is 4.56. The molecule has 0 fully saturated rings. The van der Waals surface area contributed by atoms with Crippen LogP contribution in [0.4, 0.5) is 5.82 Å². The van der Waals surface area contributed by atoms with Crippen molar-refractivity contribution in [2.24, 2.45) is 0 Å². The van der Waals surface area contributed by atoms with E-state index in [1.807, 2.05) is 14.0 Å². The Morgan fingerprint density at radius 3 is 2.79 bits per heavy atom. The molecule has 3 nitrogen and oxygen atoms in total. The van der Waals surface area contributed by atoms with Crippen molar-refractivity contribution >= 4 is 28.8 Å². The third-order valence-electron chi connectivity index (χ3n) is 2.92. The molecule has 0 radical (unpaired) electrons. The summed E-state index contributed by atoms with van der Waals surface area (Å²) in [5.41, 5.74) is 0.945. The lowest BCUT2D eigenvalue weighted by Crippen LogP contribution is -2.19. The van der Waals surface area contributed by atoms with Crippen LogP contribution in [0.3, 0.4) is 0 Å². The quantitative estimate of drug-likeness (QED) is 0.778. The molecule has 0 atom stereocenters. The van der Waals surface area contributed by atoms with Crippen LogP contribution in [0.15, 0.2) is 17.5 Å². The van der Waals surface area contributed by atoms with Crippen LogP contribution >= 0.6 is 22.9 Å². The molecular formula is C14H18ClN3S. The number of hydrogen-bond donors (Lipinski definition) is 0. The van der Waals surface area contributed by atoms with Gasteiger partial charge in [-0.25, -0.2) is 9.97 Å². The molecule has 0 bridgehead atoms. The van der Waals surface area contributed by atoms with Gasteiger partial charge in [0.05, 0.1) is 6.54 Å². The summed E-state index contributed by atoms with van der Waals surface area (Å²) < 4.78 is 0. The topological polar surface area (TPSA) is 29.0 Å². The SMILES string of the molecule is CCCc1nc(Cl)c(C)c(N(C)Cc2cccs2)n1. The van der Waals surface area contributed by atoms with Crippen molar-refractivity contribution in [3.8, 4) is 0 Å². The fraction of sp³-hybridized carbons (Fsp3) is 0.429. The summed E-state index contributed by atoms with van der Waals surface area (Å²) in [6.45, 7) is 4.93. The third-order valence-corrected chi connectivity index (χ3v) is 4.14. The summed E-state index contributed by atoms with van der Waals surface area (Å²) in [7, 11) is 2.04. The van der Waals surface area contributed by atoms with E-state index in [4.69, 9.17) is 11.6 Å². The molecule has 0 aliphatic rings. The van der Waals surface area contributed by atoms with Crippen LogP contribution in [0.5, 0.6) is 0 Å². The lowest BCUT2D eigenvalue weighted by atomic mass is 10.2. The van der Waals surface area contributed by atoms with E-state index >= 15 is 0 Å². The van der Waals surface area contributed by atoms with Crippen LogP contribution in [0, 0.1) is 6.92 Å². The van der Waals surface area contributed by atoms with Crippen LogP contribution in [0.25, 0.3) is 0 Å². The zero-order valence-electron chi connectivity index (χ0n) is 11.5. The van der Waals surface area contributed by atoms with Gasteiger partial charge in [-0.1, -0.05) is 24.6 Å². The van der Waals surface area contributed by atoms with E-state index in [2.05, 4.69) is 39.3 Å². The van der Waals surface area contributed by atoms with Gasteiger partial charge in [-0.05, 0) is 24.8 Å². The summed E-state index contributed by atoms with van der Waals surface area (Å²) in [6.07, 6.45) is 1.88. The van der Waals surface area contributed by atoms with Crippen LogP contribution in [-0.4, -0.2) is 17.0 Å². The molecule has 0 aliphatic carbocycles. The maximum absolute atomic E-state index is 6.21. The monoisotopic (exact) mass is 295 g/mol.